The van der Waals surface area contributed by atoms with Crippen LogP contribution in [0.15, 0.2) is 36.4 Å². The molecule has 0 bridgehead atoms. The maximum absolute atomic E-state index is 8.67. The summed E-state index contributed by atoms with van der Waals surface area (Å²) >= 11 is 1.67. The molecule has 0 aliphatic rings. The number of hydrogen-bond acceptors (Lipinski definition) is 3. The SMILES string of the molecule is Cc1ccc(N(C)Cc2ccc(C#CCO)s2)cc1. The van der Waals surface area contributed by atoms with Gasteiger partial charge < -0.3 is 10.0 Å². The zero-order chi connectivity index (χ0) is 13.7. The quantitative estimate of drug-likeness (QED) is 0.867. The van der Waals surface area contributed by atoms with E-state index in [2.05, 4.69) is 61.0 Å². The van der Waals surface area contributed by atoms with Crippen LogP contribution >= 0.6 is 11.3 Å². The van der Waals surface area contributed by atoms with Crippen LogP contribution in [0.25, 0.3) is 0 Å². The highest BCUT2D eigenvalue weighted by Gasteiger charge is 2.04. The average molecular weight is 271 g/mol. The van der Waals surface area contributed by atoms with Crippen molar-refractivity contribution in [1.29, 1.82) is 0 Å². The first-order chi connectivity index (χ1) is 9.19. The third kappa shape index (κ3) is 3.85. The Labute approximate surface area is 118 Å². The van der Waals surface area contributed by atoms with E-state index in [0.29, 0.717) is 0 Å². The van der Waals surface area contributed by atoms with Crippen molar-refractivity contribution in [1.82, 2.24) is 0 Å². The fraction of sp³-hybridized carbons (Fsp3) is 0.250. The number of hydrogen-bond donors (Lipinski definition) is 1. The van der Waals surface area contributed by atoms with Crippen molar-refractivity contribution in [3.63, 3.8) is 0 Å². The number of aliphatic hydroxyl groups excluding tert-OH is 1. The Morgan fingerprint density at radius 2 is 1.89 bits per heavy atom. The molecule has 1 aromatic heterocycles. The normalized spacial score (nSPS) is 9.84. The summed E-state index contributed by atoms with van der Waals surface area (Å²) in [5.41, 5.74) is 2.48. The van der Waals surface area contributed by atoms with Crippen molar-refractivity contribution in [3.05, 3.63) is 51.7 Å². The maximum atomic E-state index is 8.67. The predicted molar refractivity (Wildman–Crippen MR) is 81.6 cm³/mol. The molecule has 98 valence electrons. The summed E-state index contributed by atoms with van der Waals surface area (Å²) in [6.45, 7) is 2.88. The van der Waals surface area contributed by atoms with Crippen molar-refractivity contribution >= 4 is 17.0 Å². The Morgan fingerprint density at radius 1 is 1.16 bits per heavy atom. The minimum Gasteiger partial charge on any atom is -0.384 e. The molecule has 0 spiro atoms. The lowest BCUT2D eigenvalue weighted by molar-refractivity contribution is 0.350. The van der Waals surface area contributed by atoms with Crippen LogP contribution in [0.1, 0.15) is 15.3 Å². The van der Waals surface area contributed by atoms with E-state index in [1.165, 1.54) is 16.1 Å². The molecule has 1 heterocycles. The number of rotatable bonds is 3. The first-order valence-electron chi connectivity index (χ1n) is 6.15. The van der Waals surface area contributed by atoms with Gasteiger partial charge in [0.1, 0.15) is 6.61 Å². The van der Waals surface area contributed by atoms with Crippen LogP contribution in [0, 0.1) is 18.8 Å². The summed E-state index contributed by atoms with van der Waals surface area (Å²) in [5.74, 6) is 5.61. The van der Waals surface area contributed by atoms with Crippen molar-refractivity contribution in [3.8, 4) is 11.8 Å². The van der Waals surface area contributed by atoms with E-state index in [0.717, 1.165) is 11.4 Å². The summed E-state index contributed by atoms with van der Waals surface area (Å²) in [6, 6.07) is 12.6. The fourth-order valence-corrected chi connectivity index (χ4v) is 2.72. The van der Waals surface area contributed by atoms with Gasteiger partial charge in [-0.1, -0.05) is 29.5 Å². The summed E-state index contributed by atoms with van der Waals surface area (Å²) in [7, 11) is 2.09. The van der Waals surface area contributed by atoms with E-state index >= 15 is 0 Å². The Hall–Kier alpha value is -1.76. The Balaban J connectivity index is 2.04. The summed E-state index contributed by atoms with van der Waals surface area (Å²) in [4.78, 5) is 4.49. The Kier molecular flexibility index (Phi) is 4.62. The summed E-state index contributed by atoms with van der Waals surface area (Å²) < 4.78 is 0. The van der Waals surface area contributed by atoms with Crippen LogP contribution in [0.3, 0.4) is 0 Å². The van der Waals surface area contributed by atoms with Crippen LogP contribution in [-0.4, -0.2) is 18.8 Å². The van der Waals surface area contributed by atoms with Crippen molar-refractivity contribution in [2.75, 3.05) is 18.6 Å². The molecule has 0 atom stereocenters. The molecule has 19 heavy (non-hydrogen) atoms. The van der Waals surface area contributed by atoms with E-state index in [-0.39, 0.29) is 6.61 Å². The molecule has 1 N–H and O–H groups in total. The smallest absolute Gasteiger partial charge is 0.104 e. The number of aliphatic hydroxyl groups is 1. The van der Waals surface area contributed by atoms with Gasteiger partial charge in [0.05, 0.1) is 11.4 Å². The number of anilines is 1. The summed E-state index contributed by atoms with van der Waals surface area (Å²) in [5, 5.41) is 8.67. The zero-order valence-electron chi connectivity index (χ0n) is 11.2. The fourth-order valence-electron chi connectivity index (χ4n) is 1.78. The predicted octanol–water partition coefficient (Wildman–Crippen LogP) is 3.04. The lowest BCUT2D eigenvalue weighted by atomic mass is 10.2. The average Bonchev–Trinajstić information content (AvgIpc) is 2.84. The van der Waals surface area contributed by atoms with Gasteiger partial charge in [-0.15, -0.1) is 11.3 Å². The zero-order valence-corrected chi connectivity index (χ0v) is 12.0. The van der Waals surface area contributed by atoms with E-state index in [4.69, 9.17) is 5.11 Å². The number of nitrogens with zero attached hydrogens (tertiary/aromatic N) is 1. The van der Waals surface area contributed by atoms with E-state index in [1.54, 1.807) is 11.3 Å². The summed E-state index contributed by atoms with van der Waals surface area (Å²) in [6.07, 6.45) is 0. The van der Waals surface area contributed by atoms with Gasteiger partial charge in [-0.05, 0) is 31.2 Å². The number of aryl methyl sites for hydroxylation is 1. The molecule has 0 unspecified atom stereocenters. The molecule has 2 rings (SSSR count). The molecule has 2 aromatic rings. The van der Waals surface area contributed by atoms with E-state index in [9.17, 15) is 0 Å². The first kappa shape index (κ1) is 13.7. The molecule has 1 aromatic carbocycles. The van der Waals surface area contributed by atoms with Gasteiger partial charge >= 0.3 is 0 Å². The third-order valence-electron chi connectivity index (χ3n) is 2.82. The first-order valence-corrected chi connectivity index (χ1v) is 6.97. The van der Waals surface area contributed by atoms with Gasteiger partial charge in [-0.2, -0.15) is 0 Å². The molecule has 0 aliphatic carbocycles. The largest absolute Gasteiger partial charge is 0.384 e. The molecular formula is C16H17NOS. The monoisotopic (exact) mass is 271 g/mol. The second kappa shape index (κ2) is 6.42. The molecule has 3 heteroatoms. The van der Waals surface area contributed by atoms with Crippen molar-refractivity contribution in [2.45, 2.75) is 13.5 Å². The lowest BCUT2D eigenvalue weighted by Gasteiger charge is -2.18. The van der Waals surface area contributed by atoms with Gasteiger partial charge in [0.25, 0.3) is 0 Å². The third-order valence-corrected chi connectivity index (χ3v) is 3.81. The highest BCUT2D eigenvalue weighted by atomic mass is 32.1. The molecule has 0 saturated heterocycles. The topological polar surface area (TPSA) is 23.5 Å². The van der Waals surface area contributed by atoms with Crippen LogP contribution < -0.4 is 4.90 Å². The van der Waals surface area contributed by atoms with Crippen molar-refractivity contribution < 1.29 is 5.11 Å². The highest BCUT2D eigenvalue weighted by Crippen LogP contribution is 2.21. The van der Waals surface area contributed by atoms with Crippen LogP contribution in [-0.2, 0) is 6.54 Å². The van der Waals surface area contributed by atoms with E-state index < -0.39 is 0 Å². The van der Waals surface area contributed by atoms with Gasteiger partial charge in [-0.25, -0.2) is 0 Å². The minimum absolute atomic E-state index is 0.0868. The van der Waals surface area contributed by atoms with Gasteiger partial charge in [0, 0.05) is 17.6 Å². The second-order valence-corrected chi connectivity index (χ2v) is 5.59. The maximum Gasteiger partial charge on any atom is 0.104 e. The van der Waals surface area contributed by atoms with Crippen LogP contribution in [0.5, 0.6) is 0 Å². The molecule has 2 nitrogen and oxygen atoms in total. The van der Waals surface area contributed by atoms with Crippen molar-refractivity contribution in [2.24, 2.45) is 0 Å². The molecule has 0 fully saturated rings. The Bertz CT molecular complexity index is 589. The second-order valence-electron chi connectivity index (χ2n) is 4.42. The minimum atomic E-state index is -0.0868. The Morgan fingerprint density at radius 3 is 2.58 bits per heavy atom. The standard InChI is InChI=1S/C16H17NOS/c1-13-5-7-14(8-6-13)17(2)12-16-10-9-15(19-16)4-3-11-18/h5-10,18H,11-12H2,1-2H3. The molecule has 0 saturated carbocycles. The van der Waals surface area contributed by atoms with Gasteiger partial charge in [-0.3, -0.25) is 0 Å². The molecule has 0 radical (unpaired) electrons. The number of benzene rings is 1. The van der Waals surface area contributed by atoms with Crippen LogP contribution in [0.2, 0.25) is 0 Å². The number of thiophene rings is 1. The lowest BCUT2D eigenvalue weighted by Crippen LogP contribution is -2.15. The van der Waals surface area contributed by atoms with Crippen LogP contribution in [0.4, 0.5) is 5.69 Å². The molecule has 0 aliphatic heterocycles. The molecular weight excluding hydrogens is 254 g/mol. The molecule has 0 amide bonds. The van der Waals surface area contributed by atoms with Gasteiger partial charge in [0.15, 0.2) is 0 Å². The van der Waals surface area contributed by atoms with E-state index in [1.807, 2.05) is 6.07 Å². The highest BCUT2D eigenvalue weighted by molar-refractivity contribution is 7.12. The van der Waals surface area contributed by atoms with Gasteiger partial charge in [0.2, 0.25) is 0 Å².